The van der Waals surface area contributed by atoms with E-state index in [2.05, 4.69) is 111 Å². The lowest BCUT2D eigenvalue weighted by molar-refractivity contribution is -0.197. The first kappa shape index (κ1) is 91.2. The van der Waals surface area contributed by atoms with E-state index in [9.17, 15) is 28.8 Å². The van der Waals surface area contributed by atoms with Crippen LogP contribution in [0.15, 0.2) is 0 Å². The van der Waals surface area contributed by atoms with E-state index >= 15 is 0 Å². The third-order valence-electron chi connectivity index (χ3n) is 31.5. The highest BCUT2D eigenvalue weighted by Crippen LogP contribution is 2.73. The zero-order valence-electron chi connectivity index (χ0n) is 72.0. The highest BCUT2D eigenvalue weighted by atomic mass is 16.6. The van der Waals surface area contributed by atoms with E-state index in [4.69, 9.17) is 28.4 Å². The Kier molecular flexibility index (Phi) is 32.1. The molecule has 0 aromatic heterocycles. The first-order chi connectivity index (χ1) is 47.0. The largest absolute Gasteiger partial charge is 0.459 e. The SMILES string of the molecule is CCC(C)(C)C(=O)OC1(C)CC2CCC1(C)C2(C)C.CCC(C)(C)C(=O)OC1(C)CCCCCC1.CCC(C)C(=O)OC1(C)C2(C)CCC(C2)C1(C)C.CCC(C)C(=O)OC1(C)CC2CCC1(C)C2(C)C.CCC(C)C(=O)OC1(C)CCCCCC1.CCC(C)C(=O)OC1(CC)CCCCCC1. The van der Waals surface area contributed by atoms with Gasteiger partial charge in [-0.3, -0.25) is 28.8 Å². The van der Waals surface area contributed by atoms with Crippen LogP contribution in [0, 0.1) is 84.7 Å². The maximum Gasteiger partial charge on any atom is 0.312 e. The van der Waals surface area contributed by atoms with Crippen LogP contribution < -0.4 is 0 Å². The predicted molar refractivity (Wildman–Crippen MR) is 418 cm³/mol. The molecule has 0 radical (unpaired) electrons. The molecule has 0 aliphatic heterocycles. The summed E-state index contributed by atoms with van der Waals surface area (Å²) in [5, 5.41) is 0. The first-order valence-electron chi connectivity index (χ1n) is 42.3. The lowest BCUT2D eigenvalue weighted by Gasteiger charge is -2.51. The minimum atomic E-state index is -0.370. The second kappa shape index (κ2) is 35.9. The van der Waals surface area contributed by atoms with Crippen LogP contribution in [0.1, 0.15) is 419 Å². The van der Waals surface area contributed by atoms with Crippen LogP contribution in [0.4, 0.5) is 0 Å². The van der Waals surface area contributed by atoms with Crippen LogP contribution in [-0.4, -0.2) is 69.4 Å². The predicted octanol–water partition coefficient (Wildman–Crippen LogP) is 24.8. The van der Waals surface area contributed by atoms with Crippen LogP contribution in [0.3, 0.4) is 0 Å². The Hall–Kier alpha value is -3.18. The van der Waals surface area contributed by atoms with E-state index in [1.54, 1.807) is 0 Å². The van der Waals surface area contributed by atoms with E-state index in [0.717, 1.165) is 96.3 Å². The van der Waals surface area contributed by atoms with Gasteiger partial charge in [-0.15, -0.1) is 0 Å². The maximum absolute atomic E-state index is 12.5. The van der Waals surface area contributed by atoms with E-state index in [-0.39, 0.29) is 136 Å². The van der Waals surface area contributed by atoms with E-state index in [1.165, 1.54) is 122 Å². The summed E-state index contributed by atoms with van der Waals surface area (Å²) in [6.07, 6.45) is 38.0. The molecule has 0 aromatic carbocycles. The second-order valence-electron chi connectivity index (χ2n) is 39.6. The van der Waals surface area contributed by atoms with Gasteiger partial charge in [-0.25, -0.2) is 0 Å². The minimum Gasteiger partial charge on any atom is -0.459 e. The van der Waals surface area contributed by atoms with Crippen molar-refractivity contribution in [1.82, 2.24) is 0 Å². The number of fused-ring (bicyclic) bond motifs is 6. The summed E-state index contributed by atoms with van der Waals surface area (Å²) < 4.78 is 35.4. The minimum absolute atomic E-state index is 0.00579. The summed E-state index contributed by atoms with van der Waals surface area (Å²) in [6.45, 7) is 61.8. The molecule has 12 heteroatoms. The zero-order valence-corrected chi connectivity index (χ0v) is 72.0. The molecule has 9 saturated carbocycles. The van der Waals surface area contributed by atoms with Crippen molar-refractivity contribution in [1.29, 1.82) is 0 Å². The summed E-state index contributed by atoms with van der Waals surface area (Å²) in [4.78, 5) is 72.5. The molecule has 0 aromatic rings. The lowest BCUT2D eigenvalue weighted by atomic mass is 9.61. The molecule has 6 bridgehead atoms. The number of carbonyl (C=O) groups excluding carboxylic acids is 6. The Labute approximate surface area is 627 Å². The van der Waals surface area contributed by atoms with Crippen LogP contribution in [-0.2, 0) is 57.2 Å². The highest BCUT2D eigenvalue weighted by Gasteiger charge is 2.71. The molecule has 0 N–H and O–H groups in total. The first-order valence-corrected chi connectivity index (χ1v) is 42.3. The quantitative estimate of drug-likeness (QED) is 0.0686. The molecular formula is C90H162O12. The topological polar surface area (TPSA) is 158 Å². The number of hydrogen-bond acceptors (Lipinski definition) is 12. The molecule has 9 fully saturated rings. The fraction of sp³-hybridized carbons (Fsp3) is 0.933. The Morgan fingerprint density at radius 3 is 0.961 bits per heavy atom. The average molecular weight is 1440 g/mol. The average Bonchev–Trinajstić information content (AvgIpc) is 1.55. The lowest BCUT2D eigenvalue weighted by Crippen LogP contribution is -2.55. The van der Waals surface area contributed by atoms with Gasteiger partial charge in [-0.2, -0.15) is 0 Å². The summed E-state index contributed by atoms with van der Waals surface area (Å²) in [6, 6.07) is 0. The normalized spacial score (nSPS) is 32.9. The molecule has 13 atom stereocenters. The van der Waals surface area contributed by atoms with Crippen molar-refractivity contribution in [3.05, 3.63) is 0 Å². The maximum atomic E-state index is 12.5. The van der Waals surface area contributed by atoms with Crippen LogP contribution >= 0.6 is 0 Å². The standard InChI is InChI=1S/C17H30O2.2C16H28O2.2C14H26O2.C13H24O2/c1-8-14(2,3)13(18)19-17(7)11-12-9-10-16(17,6)15(12,4)5;1-7-11(2)13(17)18-16(6)10-12-8-9-15(16,5)14(12,3)4;1-7-11(2)13(17)18-16(6)14(3,4)12-8-9-15(16,5)10-12;1-5-13(2,3)12(15)16-14(4)10-8-6-7-9-11-14;1-4-12(3)13(15)16-14(5-2)10-8-6-7-9-11-14;1-4-11(2)12(14)15-13(3)9-7-5-6-8-10-13/h12H,8-11H2,1-7H3;2*11-12H,7-10H2,1-6H3;5-11H2,1-4H3;12H,4-11H2,1-3H3;11H,4-10H2,1-3H3. The molecular weight excluding hydrogens is 1270 g/mol. The Morgan fingerprint density at radius 2 is 0.647 bits per heavy atom. The van der Waals surface area contributed by atoms with Crippen LogP contribution in [0.25, 0.3) is 0 Å². The van der Waals surface area contributed by atoms with Gasteiger partial charge >= 0.3 is 35.8 Å². The van der Waals surface area contributed by atoms with E-state index < -0.39 is 0 Å². The molecule has 0 saturated heterocycles. The number of ether oxygens (including phenoxy) is 6. The van der Waals surface area contributed by atoms with Crippen molar-refractivity contribution in [3.8, 4) is 0 Å². The fourth-order valence-electron chi connectivity index (χ4n) is 19.2. The number of hydrogen-bond donors (Lipinski definition) is 0. The van der Waals surface area contributed by atoms with Gasteiger partial charge in [0, 0.05) is 21.7 Å². The van der Waals surface area contributed by atoms with Crippen molar-refractivity contribution >= 4 is 35.8 Å². The van der Waals surface area contributed by atoms with Crippen molar-refractivity contribution in [3.63, 3.8) is 0 Å². The van der Waals surface area contributed by atoms with Gasteiger partial charge in [-0.05, 0) is 271 Å². The van der Waals surface area contributed by atoms with E-state index in [1.807, 2.05) is 90.0 Å². The molecule has 102 heavy (non-hydrogen) atoms. The molecule has 9 aliphatic rings. The third kappa shape index (κ3) is 20.2. The Balaban J connectivity index is 0.000000260. The van der Waals surface area contributed by atoms with Crippen molar-refractivity contribution in [2.45, 2.75) is 453 Å². The van der Waals surface area contributed by atoms with Crippen LogP contribution in [0.2, 0.25) is 0 Å². The number of rotatable bonds is 19. The van der Waals surface area contributed by atoms with Gasteiger partial charge in [0.25, 0.3) is 0 Å². The Bertz CT molecular complexity index is 2690. The molecule has 0 amide bonds. The highest BCUT2D eigenvalue weighted by molar-refractivity contribution is 5.77. The fourth-order valence-corrected chi connectivity index (χ4v) is 19.2. The molecule has 9 aliphatic carbocycles. The molecule has 0 heterocycles. The van der Waals surface area contributed by atoms with Gasteiger partial charge in [0.1, 0.15) is 33.6 Å². The van der Waals surface area contributed by atoms with Crippen molar-refractivity contribution < 1.29 is 57.2 Å². The molecule has 0 spiro atoms. The summed E-state index contributed by atoms with van der Waals surface area (Å²) in [7, 11) is 0. The number of carbonyl (C=O) groups is 6. The second-order valence-corrected chi connectivity index (χ2v) is 39.6. The zero-order chi connectivity index (χ0) is 77.8. The summed E-state index contributed by atoms with van der Waals surface area (Å²) in [5.74, 6) is 2.15. The molecule has 12 nitrogen and oxygen atoms in total. The smallest absolute Gasteiger partial charge is 0.312 e. The van der Waals surface area contributed by atoms with Crippen LogP contribution in [0.5, 0.6) is 0 Å². The molecule has 9 rings (SSSR count). The summed E-state index contributed by atoms with van der Waals surface area (Å²) in [5.41, 5.74) is -1.01. The van der Waals surface area contributed by atoms with Gasteiger partial charge in [0.05, 0.1) is 34.5 Å². The number of esters is 6. The van der Waals surface area contributed by atoms with Gasteiger partial charge < -0.3 is 28.4 Å². The van der Waals surface area contributed by atoms with Crippen molar-refractivity contribution in [2.24, 2.45) is 84.7 Å². The van der Waals surface area contributed by atoms with E-state index in [0.29, 0.717) is 17.8 Å². The Morgan fingerprint density at radius 1 is 0.343 bits per heavy atom. The monoisotopic (exact) mass is 1440 g/mol. The molecule has 594 valence electrons. The molecule has 13 unspecified atom stereocenters. The van der Waals surface area contributed by atoms with Gasteiger partial charge in [-0.1, -0.05) is 177 Å². The van der Waals surface area contributed by atoms with Gasteiger partial charge in [0.2, 0.25) is 0 Å². The summed E-state index contributed by atoms with van der Waals surface area (Å²) >= 11 is 0. The third-order valence-corrected chi connectivity index (χ3v) is 31.5. The van der Waals surface area contributed by atoms with Gasteiger partial charge in [0.15, 0.2) is 0 Å². The van der Waals surface area contributed by atoms with Crippen molar-refractivity contribution in [2.75, 3.05) is 0 Å².